The molecule has 2 aromatic rings. The van der Waals surface area contributed by atoms with Gasteiger partial charge in [-0.2, -0.15) is 0 Å². The molecule has 1 heteroatoms. The molecule has 0 saturated carbocycles. The molecule has 0 fully saturated rings. The van der Waals surface area contributed by atoms with Crippen LogP contribution in [0.1, 0.15) is 33.7 Å². The Balaban J connectivity index is 2.63. The van der Waals surface area contributed by atoms with E-state index in [4.69, 9.17) is 0 Å². The summed E-state index contributed by atoms with van der Waals surface area (Å²) < 4.78 is 0. The molecular weight excluding hydrogens is 232 g/mol. The number of aromatic hydroxyl groups is 1. The van der Waals surface area contributed by atoms with Crippen molar-refractivity contribution in [2.24, 2.45) is 0 Å². The molecule has 0 aromatic heterocycles. The predicted octanol–water partition coefficient (Wildman–Crippen LogP) is 4.44. The normalized spacial score (nSPS) is 12.2. The van der Waals surface area contributed by atoms with Crippen molar-refractivity contribution >= 4 is 0 Å². The van der Waals surface area contributed by atoms with Crippen LogP contribution in [0.2, 0.25) is 0 Å². The van der Waals surface area contributed by atoms with Crippen molar-refractivity contribution in [2.45, 2.75) is 26.7 Å². The Hall–Kier alpha value is -2.02. The van der Waals surface area contributed by atoms with Crippen LogP contribution in [-0.4, -0.2) is 5.11 Å². The van der Waals surface area contributed by atoms with Gasteiger partial charge in [0, 0.05) is 11.5 Å². The summed E-state index contributed by atoms with van der Waals surface area (Å²) in [6.07, 6.45) is 1.88. The molecule has 1 nitrogen and oxygen atoms in total. The molecule has 1 atom stereocenters. The van der Waals surface area contributed by atoms with Crippen LogP contribution < -0.4 is 0 Å². The fourth-order valence-electron chi connectivity index (χ4n) is 2.46. The highest BCUT2D eigenvalue weighted by atomic mass is 16.3. The Bertz CT molecular complexity index is 597. The number of aryl methyl sites for hydroxylation is 2. The third kappa shape index (κ3) is 2.41. The van der Waals surface area contributed by atoms with Crippen molar-refractivity contribution in [3.8, 4) is 5.75 Å². The number of hydrogen-bond donors (Lipinski definition) is 1. The molecule has 0 aliphatic heterocycles. The average Bonchev–Trinajstić information content (AvgIpc) is 2.42. The van der Waals surface area contributed by atoms with Crippen LogP contribution in [0.3, 0.4) is 0 Å². The lowest BCUT2D eigenvalue weighted by molar-refractivity contribution is 0.462. The third-order valence-corrected chi connectivity index (χ3v) is 3.66. The third-order valence-electron chi connectivity index (χ3n) is 3.66. The van der Waals surface area contributed by atoms with Crippen molar-refractivity contribution in [1.29, 1.82) is 0 Å². The first kappa shape index (κ1) is 13.4. The van der Waals surface area contributed by atoms with Gasteiger partial charge in [0.05, 0.1) is 0 Å². The van der Waals surface area contributed by atoms with Crippen molar-refractivity contribution < 1.29 is 5.11 Å². The summed E-state index contributed by atoms with van der Waals surface area (Å²) in [6.45, 7) is 9.81. The minimum absolute atomic E-state index is 0.00301. The smallest absolute Gasteiger partial charge is 0.123 e. The number of benzene rings is 2. The Labute approximate surface area is 115 Å². The van der Waals surface area contributed by atoms with E-state index >= 15 is 0 Å². The molecule has 0 spiro atoms. The van der Waals surface area contributed by atoms with Crippen molar-refractivity contribution in [1.82, 2.24) is 0 Å². The van der Waals surface area contributed by atoms with Gasteiger partial charge in [0.25, 0.3) is 0 Å². The lowest BCUT2D eigenvalue weighted by atomic mass is 9.85. The fraction of sp³-hybridized carbons (Fsp3) is 0.222. The van der Waals surface area contributed by atoms with E-state index in [0.29, 0.717) is 5.75 Å². The van der Waals surface area contributed by atoms with Gasteiger partial charge < -0.3 is 5.11 Å². The molecule has 0 heterocycles. The standard InChI is InChI=1S/C18H19O/c1-5-16(15-9-7-6-8-10-15)17-13(3)11-12(2)14(4)18(17)19/h5-10,16,19H,1H2,2-4H3. The largest absolute Gasteiger partial charge is 0.507 e. The Kier molecular flexibility index (Phi) is 3.75. The van der Waals surface area contributed by atoms with Crippen molar-refractivity contribution in [3.05, 3.63) is 76.9 Å². The van der Waals surface area contributed by atoms with Crippen LogP contribution in [0.25, 0.3) is 0 Å². The Morgan fingerprint density at radius 1 is 1.11 bits per heavy atom. The summed E-state index contributed by atoms with van der Waals surface area (Å²) in [5.74, 6) is 0.360. The van der Waals surface area contributed by atoms with Gasteiger partial charge in [-0.3, -0.25) is 0 Å². The van der Waals surface area contributed by atoms with E-state index < -0.39 is 0 Å². The topological polar surface area (TPSA) is 20.2 Å². The number of allylic oxidation sites excluding steroid dienone is 1. The number of phenols is 1. The summed E-state index contributed by atoms with van der Waals surface area (Å²) in [7, 11) is 0. The Morgan fingerprint density at radius 3 is 2.32 bits per heavy atom. The molecule has 2 rings (SSSR count). The second kappa shape index (κ2) is 5.31. The number of rotatable bonds is 3. The van der Waals surface area contributed by atoms with Gasteiger partial charge in [-0.15, -0.1) is 6.58 Å². The second-order valence-electron chi connectivity index (χ2n) is 4.89. The maximum Gasteiger partial charge on any atom is 0.123 e. The molecular formula is C18H19O. The van der Waals surface area contributed by atoms with Gasteiger partial charge in [-0.25, -0.2) is 0 Å². The summed E-state index contributed by atoms with van der Waals surface area (Å²) in [5.41, 5.74) is 4.91. The van der Waals surface area contributed by atoms with Gasteiger partial charge in [0.15, 0.2) is 0 Å². The van der Waals surface area contributed by atoms with E-state index in [1.54, 1.807) is 0 Å². The lowest BCUT2D eigenvalue weighted by Crippen LogP contribution is -2.03. The lowest BCUT2D eigenvalue weighted by Gasteiger charge is -2.20. The monoisotopic (exact) mass is 251 g/mol. The number of hydrogen-bond acceptors (Lipinski definition) is 1. The highest BCUT2D eigenvalue weighted by molar-refractivity contribution is 5.54. The van der Waals surface area contributed by atoms with E-state index in [1.165, 1.54) is 0 Å². The zero-order chi connectivity index (χ0) is 14.0. The molecule has 2 aromatic carbocycles. The first-order valence-electron chi connectivity index (χ1n) is 6.45. The van der Waals surface area contributed by atoms with E-state index in [9.17, 15) is 5.11 Å². The SMILES string of the molecule is C=CC(c1ccccc1)c1c(C)[c]c(C)c(C)c1O. The molecule has 1 N–H and O–H groups in total. The van der Waals surface area contributed by atoms with E-state index in [1.807, 2.05) is 45.0 Å². The Morgan fingerprint density at radius 2 is 1.74 bits per heavy atom. The van der Waals surface area contributed by atoms with Gasteiger partial charge >= 0.3 is 0 Å². The fourth-order valence-corrected chi connectivity index (χ4v) is 2.46. The summed E-state index contributed by atoms with van der Waals surface area (Å²) in [5, 5.41) is 10.5. The van der Waals surface area contributed by atoms with Crippen molar-refractivity contribution in [2.75, 3.05) is 0 Å². The molecule has 0 bridgehead atoms. The zero-order valence-electron chi connectivity index (χ0n) is 11.7. The highest BCUT2D eigenvalue weighted by Gasteiger charge is 2.19. The van der Waals surface area contributed by atoms with Crippen LogP contribution in [0.4, 0.5) is 0 Å². The second-order valence-corrected chi connectivity index (χ2v) is 4.89. The van der Waals surface area contributed by atoms with E-state index in [2.05, 4.69) is 24.8 Å². The highest BCUT2D eigenvalue weighted by Crippen LogP contribution is 2.37. The van der Waals surface area contributed by atoms with Crippen LogP contribution >= 0.6 is 0 Å². The van der Waals surface area contributed by atoms with Crippen LogP contribution in [0.15, 0.2) is 43.0 Å². The van der Waals surface area contributed by atoms with Crippen LogP contribution in [0, 0.1) is 26.8 Å². The first-order chi connectivity index (χ1) is 9.06. The molecule has 0 aliphatic carbocycles. The maximum absolute atomic E-state index is 10.5. The summed E-state index contributed by atoms with van der Waals surface area (Å²) in [6, 6.07) is 13.4. The van der Waals surface area contributed by atoms with Gasteiger partial charge in [-0.1, -0.05) is 36.4 Å². The first-order valence-corrected chi connectivity index (χ1v) is 6.45. The molecule has 1 unspecified atom stereocenters. The van der Waals surface area contributed by atoms with Gasteiger partial charge in [0.1, 0.15) is 5.75 Å². The van der Waals surface area contributed by atoms with Crippen molar-refractivity contribution in [3.63, 3.8) is 0 Å². The molecule has 19 heavy (non-hydrogen) atoms. The minimum atomic E-state index is -0.00301. The van der Waals surface area contributed by atoms with Gasteiger partial charge in [-0.05, 0) is 49.1 Å². The van der Waals surface area contributed by atoms with Gasteiger partial charge in [0.2, 0.25) is 0 Å². The van der Waals surface area contributed by atoms with Crippen LogP contribution in [0.5, 0.6) is 5.75 Å². The summed E-state index contributed by atoms with van der Waals surface area (Å²) >= 11 is 0. The predicted molar refractivity (Wildman–Crippen MR) is 79.6 cm³/mol. The quantitative estimate of drug-likeness (QED) is 0.800. The van der Waals surface area contributed by atoms with E-state index in [-0.39, 0.29) is 5.92 Å². The molecule has 1 radical (unpaired) electrons. The molecule has 0 amide bonds. The maximum atomic E-state index is 10.5. The summed E-state index contributed by atoms with van der Waals surface area (Å²) in [4.78, 5) is 0. The molecule has 0 saturated heterocycles. The molecule has 97 valence electrons. The zero-order valence-corrected chi connectivity index (χ0v) is 11.7. The van der Waals surface area contributed by atoms with E-state index in [0.717, 1.165) is 27.8 Å². The van der Waals surface area contributed by atoms with Crippen LogP contribution in [-0.2, 0) is 0 Å². The number of phenolic OH excluding ortho intramolecular Hbond substituents is 1. The molecule has 0 aliphatic rings. The average molecular weight is 251 g/mol. The minimum Gasteiger partial charge on any atom is -0.507 e.